The number of nitrogens with zero attached hydrogens (tertiary/aromatic N) is 2. The third-order valence-corrected chi connectivity index (χ3v) is 3.89. The Morgan fingerprint density at radius 3 is 2.59 bits per heavy atom. The molecular weight excluding hydrogens is 302 g/mol. The second-order valence-corrected chi connectivity index (χ2v) is 6.60. The minimum atomic E-state index is -0.0709. The van der Waals surface area contributed by atoms with E-state index in [-0.39, 0.29) is 17.4 Å². The van der Waals surface area contributed by atoms with Gasteiger partial charge in [0, 0.05) is 11.4 Å². The van der Waals surface area contributed by atoms with Gasteiger partial charge >= 0.3 is 0 Å². The molecule has 0 aliphatic carbocycles. The molecule has 0 saturated heterocycles. The largest absolute Gasteiger partial charge is 0.348 e. The Bertz CT molecular complexity index is 386. The summed E-state index contributed by atoms with van der Waals surface area (Å²) in [6.07, 6.45) is 0.903. The van der Waals surface area contributed by atoms with Gasteiger partial charge in [-0.15, -0.1) is 5.10 Å². The fraction of sp³-hybridized carbons (Fsp3) is 0.727. The van der Waals surface area contributed by atoms with Crippen molar-refractivity contribution in [3.63, 3.8) is 0 Å². The molecule has 1 heterocycles. The average Bonchev–Trinajstić information content (AvgIpc) is 2.62. The van der Waals surface area contributed by atoms with Crippen molar-refractivity contribution < 1.29 is 4.79 Å². The van der Waals surface area contributed by atoms with Gasteiger partial charge in [-0.1, -0.05) is 41.2 Å². The molecule has 1 N–H and O–H groups in total. The van der Waals surface area contributed by atoms with E-state index in [1.807, 2.05) is 0 Å². The van der Waals surface area contributed by atoms with E-state index in [1.165, 1.54) is 0 Å². The Kier molecular flexibility index (Phi) is 5.06. The number of alkyl halides is 1. The van der Waals surface area contributed by atoms with E-state index in [1.54, 1.807) is 6.92 Å². The molecule has 0 aliphatic heterocycles. The molecule has 1 amide bonds. The van der Waals surface area contributed by atoms with Crippen LogP contribution < -0.4 is 5.32 Å². The van der Waals surface area contributed by atoms with Crippen LogP contribution >= 0.6 is 27.5 Å². The molecule has 0 aromatic carbocycles. The zero-order chi connectivity index (χ0) is 13.1. The van der Waals surface area contributed by atoms with Gasteiger partial charge in [0.15, 0.2) is 0 Å². The Balaban J connectivity index is 2.75. The van der Waals surface area contributed by atoms with Gasteiger partial charge < -0.3 is 5.32 Å². The van der Waals surface area contributed by atoms with Crippen LogP contribution in [0.4, 0.5) is 0 Å². The number of carbonyl (C=O) groups is 1. The first kappa shape index (κ1) is 14.6. The third-order valence-electron chi connectivity index (χ3n) is 2.61. The number of hydrogen-bond donors (Lipinski definition) is 1. The van der Waals surface area contributed by atoms with E-state index >= 15 is 0 Å². The Hall–Kier alpha value is -0.490. The summed E-state index contributed by atoms with van der Waals surface area (Å²) in [5.41, 5.74) is 0.731. The Morgan fingerprint density at radius 1 is 1.53 bits per heavy atom. The van der Waals surface area contributed by atoms with E-state index < -0.39 is 0 Å². The Labute approximate surface area is 114 Å². The number of halogens is 1. The zero-order valence-electron chi connectivity index (χ0n) is 10.6. The van der Waals surface area contributed by atoms with Crippen molar-refractivity contribution in [1.29, 1.82) is 0 Å². The van der Waals surface area contributed by atoms with Crippen molar-refractivity contribution in [2.75, 3.05) is 5.33 Å². The maximum Gasteiger partial charge on any atom is 0.265 e. The molecule has 0 saturated carbocycles. The number of amides is 1. The summed E-state index contributed by atoms with van der Waals surface area (Å²) in [4.78, 5) is 12.7. The van der Waals surface area contributed by atoms with Crippen molar-refractivity contribution in [2.45, 2.75) is 40.2 Å². The highest BCUT2D eigenvalue weighted by Gasteiger charge is 2.27. The first-order valence-corrected chi connectivity index (χ1v) is 7.41. The van der Waals surface area contributed by atoms with Crippen molar-refractivity contribution in [3.8, 4) is 0 Å². The second kappa shape index (κ2) is 5.91. The third kappa shape index (κ3) is 4.03. The summed E-state index contributed by atoms with van der Waals surface area (Å²) in [5.74, 6) is -0.0709. The number of hydrogen-bond acceptors (Lipinski definition) is 4. The molecule has 0 radical (unpaired) electrons. The molecule has 1 unspecified atom stereocenters. The average molecular weight is 320 g/mol. The fourth-order valence-corrected chi connectivity index (χ4v) is 2.51. The lowest BCUT2D eigenvalue weighted by molar-refractivity contribution is 0.0904. The smallest absolute Gasteiger partial charge is 0.265 e. The first-order chi connectivity index (χ1) is 7.86. The topological polar surface area (TPSA) is 54.9 Å². The van der Waals surface area contributed by atoms with Crippen molar-refractivity contribution in [1.82, 2.24) is 14.9 Å². The molecule has 1 aromatic rings. The molecule has 17 heavy (non-hydrogen) atoms. The highest BCUT2D eigenvalue weighted by atomic mass is 79.9. The van der Waals surface area contributed by atoms with Crippen LogP contribution in [0.15, 0.2) is 0 Å². The van der Waals surface area contributed by atoms with Gasteiger partial charge in [0.2, 0.25) is 0 Å². The van der Waals surface area contributed by atoms with Gasteiger partial charge in [0.25, 0.3) is 5.91 Å². The molecule has 0 fully saturated rings. The highest BCUT2D eigenvalue weighted by molar-refractivity contribution is 9.09. The number of aromatic nitrogens is 2. The maximum atomic E-state index is 12.1. The molecule has 0 aliphatic rings. The molecule has 1 rings (SSSR count). The highest BCUT2D eigenvalue weighted by Crippen LogP contribution is 2.23. The number of nitrogens with one attached hydrogen (secondary N) is 1. The summed E-state index contributed by atoms with van der Waals surface area (Å²) in [7, 11) is 0. The van der Waals surface area contributed by atoms with Gasteiger partial charge in [-0.3, -0.25) is 4.79 Å². The van der Waals surface area contributed by atoms with Gasteiger partial charge in [0.1, 0.15) is 4.88 Å². The van der Waals surface area contributed by atoms with Crippen LogP contribution in [0.25, 0.3) is 0 Å². The Morgan fingerprint density at radius 2 is 2.18 bits per heavy atom. The molecule has 0 spiro atoms. The first-order valence-electron chi connectivity index (χ1n) is 5.52. The van der Waals surface area contributed by atoms with Crippen LogP contribution in [0.2, 0.25) is 0 Å². The van der Waals surface area contributed by atoms with E-state index in [0.717, 1.165) is 23.3 Å². The predicted octanol–water partition coefficient (Wildman–Crippen LogP) is 2.78. The minimum absolute atomic E-state index is 0.0372. The molecule has 1 aromatic heterocycles. The molecule has 4 nitrogen and oxygen atoms in total. The molecule has 96 valence electrons. The lowest BCUT2D eigenvalue weighted by Crippen LogP contribution is -2.43. The van der Waals surface area contributed by atoms with Crippen LogP contribution in [0.3, 0.4) is 0 Å². The lowest BCUT2D eigenvalue weighted by Gasteiger charge is -2.31. The summed E-state index contributed by atoms with van der Waals surface area (Å²) < 4.78 is 3.78. The SMILES string of the molecule is Cc1nnsc1C(=O)NC(CCBr)C(C)(C)C. The second-order valence-electron chi connectivity index (χ2n) is 5.06. The summed E-state index contributed by atoms with van der Waals surface area (Å²) in [5, 5.41) is 7.78. The summed E-state index contributed by atoms with van der Waals surface area (Å²) in [6, 6.07) is 0.135. The van der Waals surface area contributed by atoms with Crippen LogP contribution in [0, 0.1) is 12.3 Å². The van der Waals surface area contributed by atoms with Crippen LogP contribution in [0.1, 0.15) is 42.6 Å². The monoisotopic (exact) mass is 319 g/mol. The van der Waals surface area contributed by atoms with Gasteiger partial charge in [-0.2, -0.15) is 0 Å². The molecule has 1 atom stereocenters. The quantitative estimate of drug-likeness (QED) is 0.868. The maximum absolute atomic E-state index is 12.1. The lowest BCUT2D eigenvalue weighted by atomic mass is 9.85. The fourth-order valence-electron chi connectivity index (χ4n) is 1.49. The zero-order valence-corrected chi connectivity index (χ0v) is 13.0. The van der Waals surface area contributed by atoms with Crippen LogP contribution in [-0.2, 0) is 0 Å². The standard InChI is InChI=1S/C11H18BrN3OS/c1-7-9(17-15-14-7)10(16)13-8(5-6-12)11(2,3)4/h8H,5-6H2,1-4H3,(H,13,16). The van der Waals surface area contributed by atoms with Crippen LogP contribution in [0.5, 0.6) is 0 Å². The van der Waals surface area contributed by atoms with Gasteiger partial charge in [0.05, 0.1) is 5.69 Å². The van der Waals surface area contributed by atoms with E-state index in [4.69, 9.17) is 0 Å². The van der Waals surface area contributed by atoms with Crippen molar-refractivity contribution in [2.24, 2.45) is 5.41 Å². The molecule has 6 heteroatoms. The number of rotatable bonds is 4. The summed E-state index contributed by atoms with van der Waals surface area (Å²) >= 11 is 4.57. The van der Waals surface area contributed by atoms with Gasteiger partial charge in [-0.05, 0) is 30.3 Å². The molecular formula is C11H18BrN3OS. The molecule has 0 bridgehead atoms. The van der Waals surface area contributed by atoms with Gasteiger partial charge in [-0.25, -0.2) is 0 Å². The van der Waals surface area contributed by atoms with E-state index in [9.17, 15) is 4.79 Å². The normalized spacial score (nSPS) is 13.5. The van der Waals surface area contributed by atoms with Crippen molar-refractivity contribution in [3.05, 3.63) is 10.6 Å². The van der Waals surface area contributed by atoms with E-state index in [0.29, 0.717) is 10.6 Å². The predicted molar refractivity (Wildman–Crippen MR) is 73.8 cm³/mol. The van der Waals surface area contributed by atoms with E-state index in [2.05, 4.69) is 51.6 Å². The number of carbonyl (C=O) groups excluding carboxylic acids is 1. The van der Waals surface area contributed by atoms with Crippen molar-refractivity contribution >= 4 is 33.4 Å². The minimum Gasteiger partial charge on any atom is -0.348 e. The van der Waals surface area contributed by atoms with Crippen LogP contribution in [-0.4, -0.2) is 26.9 Å². The summed E-state index contributed by atoms with van der Waals surface area (Å²) in [6.45, 7) is 8.17. The number of aryl methyl sites for hydroxylation is 1.